The van der Waals surface area contributed by atoms with E-state index in [1.54, 1.807) is 35.2 Å². The quantitative estimate of drug-likeness (QED) is 0.303. The van der Waals surface area contributed by atoms with Gasteiger partial charge < -0.3 is 10.2 Å². The molecule has 0 aliphatic heterocycles. The second kappa shape index (κ2) is 10.7. The van der Waals surface area contributed by atoms with Gasteiger partial charge in [-0.3, -0.25) is 14.4 Å². The Bertz CT molecular complexity index is 1350. The van der Waals surface area contributed by atoms with Crippen LogP contribution in [0.25, 0.3) is 10.8 Å². The third-order valence-electron chi connectivity index (χ3n) is 5.44. The van der Waals surface area contributed by atoms with Crippen LogP contribution in [0.5, 0.6) is 0 Å². The summed E-state index contributed by atoms with van der Waals surface area (Å²) < 4.78 is 0. The number of amides is 2. The first-order valence-electron chi connectivity index (χ1n) is 11.4. The van der Waals surface area contributed by atoms with Gasteiger partial charge in [-0.05, 0) is 66.6 Å². The number of rotatable bonds is 8. The number of hydrogen-bond acceptors (Lipinski definition) is 5. The number of benzene rings is 3. The summed E-state index contributed by atoms with van der Waals surface area (Å²) >= 11 is 0. The van der Waals surface area contributed by atoms with E-state index in [0.717, 1.165) is 16.3 Å². The number of nitrogens with one attached hydrogen (secondary N) is 1. The maximum Gasteiger partial charge on any atom is 0.251 e. The number of nitrogens with zero attached hydrogens (tertiary/aromatic N) is 3. The Morgan fingerprint density at radius 1 is 0.857 bits per heavy atom. The average Bonchev–Trinajstić information content (AvgIpc) is 2.87. The maximum atomic E-state index is 13.3. The number of carbonyl (C=O) groups is 3. The Morgan fingerprint density at radius 2 is 1.54 bits per heavy atom. The average molecular weight is 467 g/mol. The van der Waals surface area contributed by atoms with Crippen molar-refractivity contribution in [3.63, 3.8) is 0 Å². The molecular formula is C28H26N4O3. The first-order chi connectivity index (χ1) is 16.9. The lowest BCUT2D eigenvalue weighted by Gasteiger charge is -2.23. The predicted molar refractivity (Wildman–Crippen MR) is 135 cm³/mol. The van der Waals surface area contributed by atoms with E-state index in [1.165, 1.54) is 12.4 Å². The van der Waals surface area contributed by atoms with Crippen molar-refractivity contribution >= 4 is 34.1 Å². The van der Waals surface area contributed by atoms with Crippen molar-refractivity contribution in [2.75, 3.05) is 4.90 Å². The zero-order valence-corrected chi connectivity index (χ0v) is 19.6. The maximum absolute atomic E-state index is 13.3. The molecule has 1 N–H and O–H groups in total. The van der Waals surface area contributed by atoms with Crippen LogP contribution < -0.4 is 10.2 Å². The molecule has 0 saturated carbocycles. The molecule has 0 radical (unpaired) electrons. The highest BCUT2D eigenvalue weighted by Crippen LogP contribution is 2.22. The number of fused-ring (bicyclic) bond motifs is 1. The molecule has 0 saturated heterocycles. The van der Waals surface area contributed by atoms with Gasteiger partial charge in [0.05, 0.1) is 13.0 Å². The van der Waals surface area contributed by atoms with E-state index >= 15 is 0 Å². The number of ketones is 1. The van der Waals surface area contributed by atoms with Crippen LogP contribution in [0.4, 0.5) is 5.69 Å². The largest absolute Gasteiger partial charge is 0.350 e. The van der Waals surface area contributed by atoms with E-state index in [2.05, 4.69) is 15.3 Å². The van der Waals surface area contributed by atoms with Gasteiger partial charge in [-0.15, -0.1) is 0 Å². The lowest BCUT2D eigenvalue weighted by molar-refractivity contribution is -0.117. The summed E-state index contributed by atoms with van der Waals surface area (Å²) in [5.41, 5.74) is 2.00. The van der Waals surface area contributed by atoms with Crippen molar-refractivity contribution in [2.45, 2.75) is 32.9 Å². The SMILES string of the molecule is CC(C)NC(=O)c1ccc(N(Cc2ccc3ccccc3c2)C(=O)CC(=O)c2ncccn2)cc1. The molecule has 1 heterocycles. The van der Waals surface area contributed by atoms with Gasteiger partial charge in [0.25, 0.3) is 5.91 Å². The molecule has 4 aromatic rings. The van der Waals surface area contributed by atoms with Crippen molar-refractivity contribution in [3.8, 4) is 0 Å². The molecule has 7 heteroatoms. The number of Topliss-reactive ketones (excluding diaryl/α,β-unsaturated/α-hetero) is 1. The summed E-state index contributed by atoms with van der Waals surface area (Å²) in [6, 6.07) is 22.4. The molecule has 7 nitrogen and oxygen atoms in total. The van der Waals surface area contributed by atoms with Crippen LogP contribution in [-0.2, 0) is 11.3 Å². The molecule has 0 atom stereocenters. The lowest BCUT2D eigenvalue weighted by Crippen LogP contribution is -2.33. The van der Waals surface area contributed by atoms with Crippen LogP contribution in [0, 0.1) is 0 Å². The Kier molecular flexibility index (Phi) is 7.26. The summed E-state index contributed by atoms with van der Waals surface area (Å²) in [6.07, 6.45) is 2.57. The van der Waals surface area contributed by atoms with Gasteiger partial charge in [0.2, 0.25) is 11.7 Å². The summed E-state index contributed by atoms with van der Waals surface area (Å²) in [5.74, 6) is -1.01. The Balaban J connectivity index is 1.62. The van der Waals surface area contributed by atoms with Crippen molar-refractivity contribution in [1.82, 2.24) is 15.3 Å². The zero-order valence-electron chi connectivity index (χ0n) is 19.6. The van der Waals surface area contributed by atoms with E-state index in [1.807, 2.05) is 56.3 Å². The van der Waals surface area contributed by atoms with E-state index in [-0.39, 0.29) is 36.6 Å². The van der Waals surface area contributed by atoms with Gasteiger partial charge in [0, 0.05) is 29.7 Å². The minimum atomic E-state index is -0.452. The topological polar surface area (TPSA) is 92.3 Å². The second-order valence-corrected chi connectivity index (χ2v) is 8.51. The number of hydrogen-bond donors (Lipinski definition) is 1. The fourth-order valence-corrected chi connectivity index (χ4v) is 3.74. The number of carbonyl (C=O) groups excluding carboxylic acids is 3. The van der Waals surface area contributed by atoms with Crippen LogP contribution in [0.15, 0.2) is 85.2 Å². The smallest absolute Gasteiger partial charge is 0.251 e. The van der Waals surface area contributed by atoms with Crippen molar-refractivity contribution in [1.29, 1.82) is 0 Å². The first-order valence-corrected chi connectivity index (χ1v) is 11.4. The Hall–Kier alpha value is -4.39. The van der Waals surface area contributed by atoms with Crippen LogP contribution in [-0.4, -0.2) is 33.6 Å². The van der Waals surface area contributed by atoms with Crippen molar-refractivity contribution < 1.29 is 14.4 Å². The van der Waals surface area contributed by atoms with Crippen LogP contribution >= 0.6 is 0 Å². The summed E-state index contributed by atoms with van der Waals surface area (Å²) in [5, 5.41) is 5.02. The van der Waals surface area contributed by atoms with Gasteiger partial charge >= 0.3 is 0 Å². The molecule has 2 amide bonds. The normalized spacial score (nSPS) is 10.8. The number of anilines is 1. The third-order valence-corrected chi connectivity index (χ3v) is 5.44. The minimum absolute atomic E-state index is 0.00668. The molecule has 0 bridgehead atoms. The zero-order chi connectivity index (χ0) is 24.8. The van der Waals surface area contributed by atoms with Crippen LogP contribution in [0.2, 0.25) is 0 Å². The first kappa shape index (κ1) is 23.8. The molecule has 4 rings (SSSR count). The molecule has 0 aliphatic rings. The minimum Gasteiger partial charge on any atom is -0.350 e. The highest BCUT2D eigenvalue weighted by molar-refractivity contribution is 6.10. The fourth-order valence-electron chi connectivity index (χ4n) is 3.74. The molecule has 176 valence electrons. The van der Waals surface area contributed by atoms with Gasteiger partial charge in [-0.25, -0.2) is 9.97 Å². The number of aromatic nitrogens is 2. The molecule has 35 heavy (non-hydrogen) atoms. The highest BCUT2D eigenvalue weighted by Gasteiger charge is 2.22. The fraction of sp³-hybridized carbons (Fsp3) is 0.179. The molecule has 0 fully saturated rings. The molecule has 1 aromatic heterocycles. The summed E-state index contributed by atoms with van der Waals surface area (Å²) in [7, 11) is 0. The van der Waals surface area contributed by atoms with Gasteiger partial charge in [-0.2, -0.15) is 0 Å². The molecule has 3 aromatic carbocycles. The summed E-state index contributed by atoms with van der Waals surface area (Å²) in [4.78, 5) is 47.8. The molecule has 0 aliphatic carbocycles. The third kappa shape index (κ3) is 5.95. The lowest BCUT2D eigenvalue weighted by atomic mass is 10.1. The van der Waals surface area contributed by atoms with Crippen LogP contribution in [0.3, 0.4) is 0 Å². The Morgan fingerprint density at radius 3 is 2.23 bits per heavy atom. The second-order valence-electron chi connectivity index (χ2n) is 8.51. The van der Waals surface area contributed by atoms with Crippen LogP contribution in [0.1, 0.15) is 46.8 Å². The summed E-state index contributed by atoms with van der Waals surface area (Å²) in [6.45, 7) is 4.05. The Labute approximate surface area is 203 Å². The van der Waals surface area contributed by atoms with Crippen molar-refractivity contribution in [3.05, 3.63) is 102 Å². The molecule has 0 unspecified atom stereocenters. The van der Waals surface area contributed by atoms with Gasteiger partial charge in [-0.1, -0.05) is 36.4 Å². The van der Waals surface area contributed by atoms with E-state index in [9.17, 15) is 14.4 Å². The standard InChI is InChI=1S/C28H26N4O3/c1-19(2)31-28(35)22-10-12-24(13-11-22)32(26(34)17-25(33)27-29-14-5-15-30-27)18-20-8-9-21-6-3-4-7-23(21)16-20/h3-16,19H,17-18H2,1-2H3,(H,31,35). The highest BCUT2D eigenvalue weighted by atomic mass is 16.2. The van der Waals surface area contributed by atoms with Crippen molar-refractivity contribution in [2.24, 2.45) is 0 Å². The van der Waals surface area contributed by atoms with Gasteiger partial charge in [0.1, 0.15) is 0 Å². The van der Waals surface area contributed by atoms with E-state index in [4.69, 9.17) is 0 Å². The molecule has 0 spiro atoms. The monoisotopic (exact) mass is 466 g/mol. The molecular weight excluding hydrogens is 440 g/mol. The van der Waals surface area contributed by atoms with E-state index < -0.39 is 5.78 Å². The van der Waals surface area contributed by atoms with Gasteiger partial charge in [0.15, 0.2) is 5.82 Å². The predicted octanol–water partition coefficient (Wildman–Crippen LogP) is 4.57. The van der Waals surface area contributed by atoms with E-state index in [0.29, 0.717) is 11.3 Å².